The van der Waals surface area contributed by atoms with Gasteiger partial charge in [-0.05, 0) is 31.0 Å². The monoisotopic (exact) mass is 244 g/mol. The van der Waals surface area contributed by atoms with Gasteiger partial charge in [0.1, 0.15) is 0 Å². The minimum atomic E-state index is 0.322. The number of rotatable bonds is 6. The van der Waals surface area contributed by atoms with Crippen LogP contribution in [0.3, 0.4) is 0 Å². The molecule has 0 aliphatic heterocycles. The molecule has 0 saturated heterocycles. The van der Waals surface area contributed by atoms with Crippen LogP contribution in [0.1, 0.15) is 37.4 Å². The number of aromatic nitrogens is 3. The van der Waals surface area contributed by atoms with Crippen LogP contribution in [0.2, 0.25) is 0 Å². The summed E-state index contributed by atoms with van der Waals surface area (Å²) >= 11 is 0. The summed E-state index contributed by atoms with van der Waals surface area (Å²) in [7, 11) is 0. The average molecular weight is 244 g/mol. The lowest BCUT2D eigenvalue weighted by Gasteiger charge is -2.12. The van der Waals surface area contributed by atoms with Crippen LogP contribution in [-0.4, -0.2) is 14.8 Å². The second-order valence-electron chi connectivity index (χ2n) is 4.49. The van der Waals surface area contributed by atoms with Crippen molar-refractivity contribution in [3.8, 4) is 0 Å². The van der Waals surface area contributed by atoms with Gasteiger partial charge in [0.2, 0.25) is 0 Å². The number of nitrogens with one attached hydrogen (secondary N) is 1. The van der Waals surface area contributed by atoms with Crippen molar-refractivity contribution < 1.29 is 0 Å². The highest BCUT2D eigenvalue weighted by molar-refractivity contribution is 5.14. The van der Waals surface area contributed by atoms with Crippen molar-refractivity contribution in [2.24, 2.45) is 0 Å². The Morgan fingerprint density at radius 3 is 2.83 bits per heavy atom. The van der Waals surface area contributed by atoms with E-state index in [0.717, 1.165) is 19.5 Å². The molecular weight excluding hydrogens is 224 g/mol. The Balaban J connectivity index is 1.87. The van der Waals surface area contributed by atoms with Crippen molar-refractivity contribution in [2.45, 2.75) is 39.4 Å². The predicted octanol–water partition coefficient (Wildman–Crippen LogP) is 2.54. The normalized spacial score (nSPS) is 12.6. The molecule has 0 bridgehead atoms. The number of aryl methyl sites for hydroxylation is 1. The van der Waals surface area contributed by atoms with E-state index in [1.165, 1.54) is 11.1 Å². The molecule has 2 aromatic heterocycles. The fraction of sp³-hybridized carbons (Fsp3) is 0.429. The zero-order chi connectivity index (χ0) is 12.8. The van der Waals surface area contributed by atoms with Crippen molar-refractivity contribution in [1.29, 1.82) is 0 Å². The van der Waals surface area contributed by atoms with Crippen molar-refractivity contribution >= 4 is 0 Å². The van der Waals surface area contributed by atoms with E-state index in [-0.39, 0.29) is 0 Å². The fourth-order valence-electron chi connectivity index (χ4n) is 1.89. The molecule has 1 atom stereocenters. The molecule has 96 valence electrons. The first-order chi connectivity index (χ1) is 8.79. The molecule has 4 heteroatoms. The summed E-state index contributed by atoms with van der Waals surface area (Å²) in [5.74, 6) is 0. The molecule has 2 aromatic rings. The summed E-state index contributed by atoms with van der Waals surface area (Å²) < 4.78 is 1.99. The zero-order valence-electron chi connectivity index (χ0n) is 11.0. The molecule has 4 nitrogen and oxygen atoms in total. The van der Waals surface area contributed by atoms with E-state index in [1.54, 1.807) is 0 Å². The Morgan fingerprint density at radius 1 is 1.33 bits per heavy atom. The van der Waals surface area contributed by atoms with E-state index >= 15 is 0 Å². The first-order valence-electron chi connectivity index (χ1n) is 6.44. The third-order valence-electron chi connectivity index (χ3n) is 2.96. The third kappa shape index (κ3) is 3.40. The maximum atomic E-state index is 4.32. The number of hydrogen-bond acceptors (Lipinski definition) is 3. The number of nitrogens with zero attached hydrogens (tertiary/aromatic N) is 3. The predicted molar refractivity (Wildman–Crippen MR) is 72.0 cm³/mol. The molecular formula is C14H20N4. The lowest BCUT2D eigenvalue weighted by atomic mass is 10.1. The molecule has 2 rings (SSSR count). The Labute approximate surface area is 108 Å². The van der Waals surface area contributed by atoms with Crippen LogP contribution in [0.5, 0.6) is 0 Å². The van der Waals surface area contributed by atoms with Crippen molar-refractivity contribution in [3.63, 3.8) is 0 Å². The molecule has 2 heterocycles. The van der Waals surface area contributed by atoms with Crippen molar-refractivity contribution in [1.82, 2.24) is 20.1 Å². The molecule has 0 aromatic carbocycles. The Hall–Kier alpha value is -1.68. The minimum Gasteiger partial charge on any atom is -0.306 e. The quantitative estimate of drug-likeness (QED) is 0.849. The van der Waals surface area contributed by atoms with Gasteiger partial charge >= 0.3 is 0 Å². The van der Waals surface area contributed by atoms with E-state index < -0.39 is 0 Å². The summed E-state index contributed by atoms with van der Waals surface area (Å²) in [4.78, 5) is 4.03. The van der Waals surface area contributed by atoms with Crippen LogP contribution >= 0.6 is 0 Å². The van der Waals surface area contributed by atoms with Crippen LogP contribution in [0.25, 0.3) is 0 Å². The van der Waals surface area contributed by atoms with E-state index in [9.17, 15) is 0 Å². The summed E-state index contributed by atoms with van der Waals surface area (Å²) in [5, 5.41) is 7.81. The highest BCUT2D eigenvalue weighted by Gasteiger charge is 2.05. The molecule has 0 radical (unpaired) electrons. The first kappa shape index (κ1) is 12.8. The van der Waals surface area contributed by atoms with Crippen molar-refractivity contribution in [2.75, 3.05) is 0 Å². The summed E-state index contributed by atoms with van der Waals surface area (Å²) in [6, 6.07) is 4.40. The van der Waals surface area contributed by atoms with Gasteiger partial charge in [-0.2, -0.15) is 5.10 Å². The Morgan fingerprint density at radius 2 is 2.11 bits per heavy atom. The summed E-state index contributed by atoms with van der Waals surface area (Å²) in [6.45, 7) is 6.14. The lowest BCUT2D eigenvalue weighted by Crippen LogP contribution is -2.17. The SMILES string of the molecule is CCCn1cc(CN[C@@H](C)c2ccncc2)cn1. The minimum absolute atomic E-state index is 0.322. The van der Waals surface area contributed by atoms with Gasteiger partial charge in [0.25, 0.3) is 0 Å². The highest BCUT2D eigenvalue weighted by atomic mass is 15.3. The summed E-state index contributed by atoms with van der Waals surface area (Å²) in [5.41, 5.74) is 2.48. The van der Waals surface area contributed by atoms with Crippen LogP contribution in [0.4, 0.5) is 0 Å². The topological polar surface area (TPSA) is 42.7 Å². The van der Waals surface area contributed by atoms with Gasteiger partial charge in [-0.15, -0.1) is 0 Å². The van der Waals surface area contributed by atoms with Crippen LogP contribution < -0.4 is 5.32 Å². The van der Waals surface area contributed by atoms with Gasteiger partial charge in [-0.25, -0.2) is 0 Å². The maximum Gasteiger partial charge on any atom is 0.0534 e. The van der Waals surface area contributed by atoms with E-state index in [1.807, 2.05) is 35.4 Å². The van der Waals surface area contributed by atoms with Gasteiger partial charge in [0.15, 0.2) is 0 Å². The zero-order valence-corrected chi connectivity index (χ0v) is 11.0. The molecule has 1 N–H and O–H groups in total. The van der Waals surface area contributed by atoms with Crippen LogP contribution in [0.15, 0.2) is 36.9 Å². The molecule has 0 unspecified atom stereocenters. The summed E-state index contributed by atoms with van der Waals surface area (Å²) in [6.07, 6.45) is 8.80. The van der Waals surface area contributed by atoms with Gasteiger partial charge in [-0.1, -0.05) is 6.92 Å². The maximum absolute atomic E-state index is 4.32. The third-order valence-corrected chi connectivity index (χ3v) is 2.96. The van der Waals surface area contributed by atoms with Gasteiger partial charge in [-0.3, -0.25) is 9.67 Å². The van der Waals surface area contributed by atoms with Crippen LogP contribution in [-0.2, 0) is 13.1 Å². The molecule has 0 fully saturated rings. The standard InChI is InChI=1S/C14H20N4/c1-3-8-18-11-13(10-17-18)9-16-12(2)14-4-6-15-7-5-14/h4-7,10-12,16H,3,8-9H2,1-2H3/t12-/m0/s1. The molecule has 0 amide bonds. The van der Waals surface area contributed by atoms with E-state index in [0.29, 0.717) is 6.04 Å². The molecule has 0 saturated carbocycles. The molecule has 18 heavy (non-hydrogen) atoms. The molecule has 0 spiro atoms. The molecule has 0 aliphatic carbocycles. The fourth-order valence-corrected chi connectivity index (χ4v) is 1.89. The van der Waals surface area contributed by atoms with E-state index in [2.05, 4.69) is 35.4 Å². The largest absolute Gasteiger partial charge is 0.306 e. The van der Waals surface area contributed by atoms with Gasteiger partial charge in [0.05, 0.1) is 6.20 Å². The number of hydrogen-bond donors (Lipinski definition) is 1. The van der Waals surface area contributed by atoms with E-state index in [4.69, 9.17) is 0 Å². The average Bonchev–Trinajstić information content (AvgIpc) is 2.85. The van der Waals surface area contributed by atoms with Crippen molar-refractivity contribution in [3.05, 3.63) is 48.0 Å². The Bertz CT molecular complexity index is 464. The van der Waals surface area contributed by atoms with Crippen LogP contribution in [0, 0.1) is 0 Å². The molecule has 0 aliphatic rings. The highest BCUT2D eigenvalue weighted by Crippen LogP contribution is 2.11. The van der Waals surface area contributed by atoms with Gasteiger partial charge < -0.3 is 5.32 Å². The lowest BCUT2D eigenvalue weighted by molar-refractivity contribution is 0.571. The second-order valence-corrected chi connectivity index (χ2v) is 4.49. The van der Waals surface area contributed by atoms with Gasteiger partial charge in [0, 0.05) is 43.3 Å². The number of pyridine rings is 1. The smallest absolute Gasteiger partial charge is 0.0534 e. The first-order valence-corrected chi connectivity index (χ1v) is 6.44. The Kier molecular flexibility index (Phi) is 4.47. The second kappa shape index (κ2) is 6.31.